The molecule has 1 N–H and O–H groups in total. The highest BCUT2D eigenvalue weighted by molar-refractivity contribution is 7.92. The normalized spacial score (nSPS) is 17.1. The quantitative estimate of drug-likeness (QED) is 0.233. The third-order valence-electron chi connectivity index (χ3n) is 8.07. The maximum Gasteiger partial charge on any atom is 0.355 e. The van der Waals surface area contributed by atoms with E-state index in [9.17, 15) is 23.1 Å². The number of amides is 1. The molecule has 0 saturated carbocycles. The number of aromatic hydroxyl groups is 1. The molecule has 1 aliphatic rings. The van der Waals surface area contributed by atoms with Crippen LogP contribution in [-0.2, 0) is 21.1 Å². The Kier molecular flexibility index (Phi) is 8.64. The number of sulfone groups is 1. The number of piperazine rings is 1. The van der Waals surface area contributed by atoms with Gasteiger partial charge in [-0.25, -0.2) is 31.5 Å². The number of hydrogen-bond donors (Lipinski definition) is 1. The Labute approximate surface area is 268 Å². The van der Waals surface area contributed by atoms with E-state index in [0.717, 1.165) is 16.7 Å². The molecule has 239 valence electrons. The highest BCUT2D eigenvalue weighted by atomic mass is 32.2. The smallest absolute Gasteiger partial charge is 0.355 e. The van der Waals surface area contributed by atoms with Gasteiger partial charge in [0.15, 0.2) is 21.3 Å². The van der Waals surface area contributed by atoms with Gasteiger partial charge in [0, 0.05) is 24.8 Å². The van der Waals surface area contributed by atoms with Crippen molar-refractivity contribution in [1.29, 1.82) is 0 Å². The fourth-order valence-corrected chi connectivity index (χ4v) is 7.36. The lowest BCUT2D eigenvalue weighted by atomic mass is 10.1. The highest BCUT2D eigenvalue weighted by Gasteiger charge is 2.38. The number of carbonyl (C=O) groups excluding carboxylic acids is 1. The fourth-order valence-electron chi connectivity index (χ4n) is 5.69. The molecule has 3 heterocycles. The first-order valence-electron chi connectivity index (χ1n) is 14.5. The molecule has 0 unspecified atom stereocenters. The zero-order valence-corrected chi connectivity index (χ0v) is 27.5. The molecule has 0 bridgehead atoms. The molecule has 14 heteroatoms. The predicted molar refractivity (Wildman–Crippen MR) is 172 cm³/mol. The van der Waals surface area contributed by atoms with Crippen LogP contribution in [0.15, 0.2) is 64.8 Å². The average molecular weight is 665 g/mol. The second-order valence-corrected chi connectivity index (χ2v) is 15.0. The summed E-state index contributed by atoms with van der Waals surface area (Å²) in [5.74, 6) is -2.84. The van der Waals surface area contributed by atoms with Crippen LogP contribution in [0.4, 0.5) is 14.6 Å². The van der Waals surface area contributed by atoms with E-state index in [4.69, 9.17) is 0 Å². The van der Waals surface area contributed by atoms with Gasteiger partial charge in [0.1, 0.15) is 23.1 Å². The van der Waals surface area contributed by atoms with Crippen molar-refractivity contribution in [1.82, 2.24) is 19.4 Å². The topological polar surface area (TPSA) is 126 Å². The largest absolute Gasteiger partial charge is 0.507 e. The van der Waals surface area contributed by atoms with Crippen molar-refractivity contribution in [3.05, 3.63) is 82.8 Å². The molecule has 2 aromatic heterocycles. The summed E-state index contributed by atoms with van der Waals surface area (Å²) in [6.45, 7) is 10.6. The van der Waals surface area contributed by atoms with E-state index >= 15 is 8.78 Å². The molecule has 1 amide bonds. The van der Waals surface area contributed by atoms with E-state index < -0.39 is 54.6 Å². The number of hydrogen-bond acceptors (Lipinski definition) is 8. The zero-order chi connectivity index (χ0) is 33.7. The second-order valence-electron chi connectivity index (χ2n) is 11.5. The molecule has 0 aliphatic carbocycles. The van der Waals surface area contributed by atoms with Crippen LogP contribution in [0.2, 0.25) is 0 Å². The van der Waals surface area contributed by atoms with Gasteiger partial charge in [-0.2, -0.15) is 4.98 Å². The molecule has 10 nitrogen and oxygen atoms in total. The number of aryl methyl sites for hydroxylation is 1. The number of benzene rings is 2. The third-order valence-corrected chi connectivity index (χ3v) is 10.7. The van der Waals surface area contributed by atoms with Crippen molar-refractivity contribution in [2.45, 2.75) is 49.4 Å². The van der Waals surface area contributed by atoms with Crippen molar-refractivity contribution in [3.63, 3.8) is 0 Å². The van der Waals surface area contributed by atoms with Gasteiger partial charge in [-0.15, -0.1) is 0 Å². The maximum atomic E-state index is 16.0. The van der Waals surface area contributed by atoms with Crippen LogP contribution in [0.5, 0.6) is 5.75 Å². The van der Waals surface area contributed by atoms with Crippen molar-refractivity contribution in [2.24, 2.45) is 0 Å². The lowest BCUT2D eigenvalue weighted by Gasteiger charge is -2.47. The summed E-state index contributed by atoms with van der Waals surface area (Å²) >= 11 is 0. The van der Waals surface area contributed by atoms with Crippen LogP contribution in [0.1, 0.15) is 33.3 Å². The molecular formula is C32H32F2N5O5SSi. The molecule has 1 saturated heterocycles. The highest BCUT2D eigenvalue weighted by Crippen LogP contribution is 2.38. The number of para-hydroxylation sites is 1. The Morgan fingerprint density at radius 2 is 1.85 bits per heavy atom. The van der Waals surface area contributed by atoms with Crippen LogP contribution in [0.3, 0.4) is 0 Å². The van der Waals surface area contributed by atoms with Crippen molar-refractivity contribution in [2.75, 3.05) is 24.5 Å². The van der Waals surface area contributed by atoms with Gasteiger partial charge in [-0.3, -0.25) is 4.79 Å². The lowest BCUT2D eigenvalue weighted by Crippen LogP contribution is -2.63. The number of anilines is 1. The summed E-state index contributed by atoms with van der Waals surface area (Å²) < 4.78 is 59.4. The van der Waals surface area contributed by atoms with E-state index in [-0.39, 0.29) is 53.0 Å². The number of pyridine rings is 1. The Hall–Kier alpha value is -4.43. The summed E-state index contributed by atoms with van der Waals surface area (Å²) in [6, 6.07) is 9.12. The summed E-state index contributed by atoms with van der Waals surface area (Å²) in [5.41, 5.74) is -1.76. The van der Waals surface area contributed by atoms with E-state index in [2.05, 4.69) is 26.8 Å². The van der Waals surface area contributed by atoms with Crippen molar-refractivity contribution < 1.29 is 27.1 Å². The predicted octanol–water partition coefficient (Wildman–Crippen LogP) is 3.90. The van der Waals surface area contributed by atoms with Crippen molar-refractivity contribution in [3.8, 4) is 22.7 Å². The SMILES string of the molecule is C=CC(=O)N1CCN(c2nc(=O)n(-c3c(CC)cccc3S(=O)(=O)C(C)C)c3nc(-c4c(O)cccc4F)c(F)cc23)[C@@](C)([Si])C1. The summed E-state index contributed by atoms with van der Waals surface area (Å²) in [7, 11) is -0.264. The van der Waals surface area contributed by atoms with Crippen LogP contribution in [-0.4, -0.2) is 79.2 Å². The Balaban J connectivity index is 1.92. The van der Waals surface area contributed by atoms with Crippen LogP contribution in [0.25, 0.3) is 28.0 Å². The minimum absolute atomic E-state index is 0.00176. The van der Waals surface area contributed by atoms with Crippen LogP contribution >= 0.6 is 0 Å². The van der Waals surface area contributed by atoms with Gasteiger partial charge in [-0.1, -0.05) is 31.7 Å². The molecule has 4 aromatic rings. The van der Waals surface area contributed by atoms with E-state index in [0.29, 0.717) is 12.0 Å². The number of nitrogens with zero attached hydrogens (tertiary/aromatic N) is 5. The molecule has 1 fully saturated rings. The fraction of sp³-hybridized carbons (Fsp3) is 0.312. The minimum Gasteiger partial charge on any atom is -0.507 e. The number of carbonyl (C=O) groups is 1. The number of halogens is 2. The van der Waals surface area contributed by atoms with Gasteiger partial charge in [0.25, 0.3) is 0 Å². The maximum absolute atomic E-state index is 16.0. The third kappa shape index (κ3) is 5.49. The van der Waals surface area contributed by atoms with Crippen LogP contribution in [0, 0.1) is 11.6 Å². The number of fused-ring (bicyclic) bond motifs is 1. The molecular weight excluding hydrogens is 633 g/mol. The Morgan fingerprint density at radius 3 is 2.46 bits per heavy atom. The molecule has 1 atom stereocenters. The van der Waals surface area contributed by atoms with Gasteiger partial charge in [-0.05, 0) is 63.1 Å². The lowest BCUT2D eigenvalue weighted by molar-refractivity contribution is -0.127. The molecule has 46 heavy (non-hydrogen) atoms. The van der Waals surface area contributed by atoms with E-state index in [1.807, 2.05) is 0 Å². The number of phenolic OH excluding ortho intramolecular Hbond substituents is 1. The minimum atomic E-state index is -3.98. The summed E-state index contributed by atoms with van der Waals surface area (Å²) in [5, 5.41) is 8.70. The first-order valence-corrected chi connectivity index (χ1v) is 16.6. The molecule has 1 aliphatic heterocycles. The van der Waals surface area contributed by atoms with Gasteiger partial charge in [0.2, 0.25) is 5.91 Å². The zero-order valence-electron chi connectivity index (χ0n) is 25.7. The monoisotopic (exact) mass is 664 g/mol. The average Bonchev–Trinajstić information content (AvgIpc) is 3.00. The standard InChI is InChI=1S/C32H32F2N5O5SSi/c1-6-19-10-8-13-24(45(43,44)18(3)4)28(19)39-30-20(16-22(34)27(35-30)26-21(33)11-9-12-23(26)40)29(36-31(39)42)38-15-14-37(25(41)7-2)17-32(38,5)46/h7-13,16,18,40H,2,6,14-15,17H2,1,3-5H3/t32-/m0/s1. The number of phenols is 1. The molecule has 5 rings (SSSR count). The second kappa shape index (κ2) is 12.1. The van der Waals surface area contributed by atoms with Crippen LogP contribution < -0.4 is 10.6 Å². The van der Waals surface area contributed by atoms with Crippen molar-refractivity contribution >= 4 is 42.8 Å². The van der Waals surface area contributed by atoms with Gasteiger partial charge < -0.3 is 14.9 Å². The van der Waals surface area contributed by atoms with E-state index in [1.54, 1.807) is 35.8 Å². The summed E-state index contributed by atoms with van der Waals surface area (Å²) in [4.78, 5) is 38.5. The van der Waals surface area contributed by atoms with E-state index in [1.165, 1.54) is 38.1 Å². The first-order chi connectivity index (χ1) is 21.6. The number of aromatic nitrogens is 3. The first kappa shape index (κ1) is 32.9. The molecule has 2 aromatic carbocycles. The number of rotatable bonds is 7. The Morgan fingerprint density at radius 1 is 1.15 bits per heavy atom. The summed E-state index contributed by atoms with van der Waals surface area (Å²) in [6.07, 6.45) is 1.51. The Bertz CT molecular complexity index is 2050. The molecule has 0 spiro atoms. The molecule has 3 radical (unpaired) electrons. The van der Waals surface area contributed by atoms with Gasteiger partial charge >= 0.3 is 5.69 Å². The van der Waals surface area contributed by atoms with Gasteiger partial charge in [0.05, 0.1) is 37.0 Å².